The summed E-state index contributed by atoms with van der Waals surface area (Å²) < 4.78 is 34.9. The molecule has 2 bridgehead atoms. The molecule has 3 heterocycles. The van der Waals surface area contributed by atoms with E-state index in [-0.39, 0.29) is 22.7 Å². The first kappa shape index (κ1) is 42.7. The Hall–Kier alpha value is -1.43. The largest absolute Gasteiger partial charge is 0.432 e. The quantitative estimate of drug-likeness (QED) is 0.0631. The highest BCUT2D eigenvalue weighted by atomic mass is 16.8. The molecule has 3 saturated heterocycles. The molecule has 56 heavy (non-hydrogen) atoms. The maximum Gasteiger partial charge on any atom is 0.314 e. The molecule has 0 radical (unpaired) electrons. The van der Waals surface area contributed by atoms with Gasteiger partial charge in [-0.2, -0.15) is 0 Å². The molecular formula is C38H60O18. The number of aliphatic hydroxyl groups is 11. The molecule has 320 valence electrons. The van der Waals surface area contributed by atoms with Crippen molar-refractivity contribution in [2.24, 2.45) is 28.1 Å². The predicted octanol–water partition coefficient (Wildman–Crippen LogP) is -2.94. The fraction of sp³-hybridized carbons (Fsp3) is 0.921. The van der Waals surface area contributed by atoms with Gasteiger partial charge in [-0.15, -0.1) is 0 Å². The van der Waals surface area contributed by atoms with Gasteiger partial charge >= 0.3 is 5.97 Å². The Kier molecular flexibility index (Phi) is 11.9. The zero-order valence-corrected chi connectivity index (χ0v) is 31.8. The summed E-state index contributed by atoms with van der Waals surface area (Å²) in [6.45, 7) is 6.43. The first-order valence-electron chi connectivity index (χ1n) is 19.9. The average Bonchev–Trinajstić information content (AvgIpc) is 3.37. The van der Waals surface area contributed by atoms with Gasteiger partial charge in [0.2, 0.25) is 6.29 Å². The lowest BCUT2D eigenvalue weighted by Crippen LogP contribution is -2.65. The molecule has 0 aromatic carbocycles. The van der Waals surface area contributed by atoms with E-state index >= 15 is 0 Å². The summed E-state index contributed by atoms with van der Waals surface area (Å²) in [5.41, 5.74) is -1.57. The van der Waals surface area contributed by atoms with Crippen molar-refractivity contribution in [3.05, 3.63) is 12.2 Å². The summed E-state index contributed by atoms with van der Waals surface area (Å²) in [5, 5.41) is 114. The number of aliphatic hydroxyl groups excluding tert-OH is 11. The van der Waals surface area contributed by atoms with Gasteiger partial charge in [0.15, 0.2) is 12.6 Å². The van der Waals surface area contributed by atoms with Gasteiger partial charge in [0, 0.05) is 0 Å². The lowest BCUT2D eigenvalue weighted by atomic mass is 9.41. The highest BCUT2D eigenvalue weighted by Crippen LogP contribution is 2.73. The van der Waals surface area contributed by atoms with Crippen molar-refractivity contribution >= 4 is 5.97 Å². The van der Waals surface area contributed by atoms with Crippen LogP contribution in [0.3, 0.4) is 0 Å². The van der Waals surface area contributed by atoms with E-state index in [0.29, 0.717) is 38.5 Å². The van der Waals surface area contributed by atoms with Crippen LogP contribution in [0.1, 0.15) is 71.6 Å². The summed E-state index contributed by atoms with van der Waals surface area (Å²) in [7, 11) is 0. The zero-order valence-electron chi connectivity index (χ0n) is 31.8. The standard InChI is InChI=1S/C38H60O18/c1-16-11-37-9-5-20-35(2,21(37)6-10-38(16,15-37)56-33-28(48)25(45)23(43)18(13-40)52-33)7-4-8-36(20,3)34(50)55-32-29(49)26(46)30(19(14-41)53-32)54-31-27(47)24(44)22(42)17(12-39)51-31/h17-33,39-49H,1,4-15H2,2-3H3/t17-,18-,19-,20+,21+,22+,23-,24+,25+,26-,27-,28-,29-,30-,31+,32+,33+,35-,36-,37-,38+/m1/s1. The van der Waals surface area contributed by atoms with Crippen molar-refractivity contribution in [2.45, 2.75) is 169 Å². The third kappa shape index (κ3) is 6.69. The zero-order chi connectivity index (χ0) is 40.7. The second-order valence-corrected chi connectivity index (χ2v) is 18.0. The molecule has 11 N–H and O–H groups in total. The molecule has 7 aliphatic rings. The fourth-order valence-corrected chi connectivity index (χ4v) is 12.0. The average molecular weight is 805 g/mol. The van der Waals surface area contributed by atoms with E-state index in [4.69, 9.17) is 28.4 Å². The van der Waals surface area contributed by atoms with E-state index in [1.807, 2.05) is 6.92 Å². The normalized spacial score (nSPS) is 54.6. The molecule has 7 rings (SSSR count). The molecule has 0 amide bonds. The minimum atomic E-state index is -1.86. The number of fused-ring (bicyclic) bond motifs is 3. The molecule has 3 aliphatic heterocycles. The van der Waals surface area contributed by atoms with Crippen molar-refractivity contribution < 1.29 is 89.4 Å². The van der Waals surface area contributed by atoms with Crippen molar-refractivity contribution in [3.8, 4) is 0 Å². The number of hydrogen-bond donors (Lipinski definition) is 11. The Morgan fingerprint density at radius 2 is 1.23 bits per heavy atom. The smallest absolute Gasteiger partial charge is 0.314 e. The number of carbonyl (C=O) groups excluding carboxylic acids is 1. The van der Waals surface area contributed by atoms with E-state index in [0.717, 1.165) is 24.8 Å². The summed E-state index contributed by atoms with van der Waals surface area (Å²) >= 11 is 0. The van der Waals surface area contributed by atoms with Crippen LogP contribution in [0.5, 0.6) is 0 Å². The van der Waals surface area contributed by atoms with Crippen LogP contribution in [0, 0.1) is 28.1 Å². The summed E-state index contributed by atoms with van der Waals surface area (Å²) in [6, 6.07) is 0. The molecule has 4 saturated carbocycles. The summed E-state index contributed by atoms with van der Waals surface area (Å²) in [5.74, 6) is -0.608. The van der Waals surface area contributed by atoms with Gasteiger partial charge in [0.25, 0.3) is 0 Å². The fourth-order valence-electron chi connectivity index (χ4n) is 12.0. The van der Waals surface area contributed by atoms with Crippen LogP contribution in [-0.4, -0.2) is 180 Å². The maximum atomic E-state index is 14.3. The van der Waals surface area contributed by atoms with Gasteiger partial charge in [-0.25, -0.2) is 0 Å². The topological polar surface area (TPSA) is 295 Å². The van der Waals surface area contributed by atoms with Gasteiger partial charge in [-0.1, -0.05) is 19.9 Å². The van der Waals surface area contributed by atoms with Crippen LogP contribution in [0.25, 0.3) is 0 Å². The molecule has 21 atom stereocenters. The second-order valence-electron chi connectivity index (χ2n) is 18.0. The monoisotopic (exact) mass is 804 g/mol. The summed E-state index contributed by atoms with van der Waals surface area (Å²) in [4.78, 5) is 14.3. The Morgan fingerprint density at radius 3 is 1.86 bits per heavy atom. The van der Waals surface area contributed by atoms with Crippen LogP contribution in [0.4, 0.5) is 0 Å². The van der Waals surface area contributed by atoms with Crippen LogP contribution in [-0.2, 0) is 33.2 Å². The van der Waals surface area contributed by atoms with Crippen molar-refractivity contribution in [3.63, 3.8) is 0 Å². The minimum Gasteiger partial charge on any atom is -0.432 e. The molecule has 4 aliphatic carbocycles. The Morgan fingerprint density at radius 1 is 0.679 bits per heavy atom. The van der Waals surface area contributed by atoms with Crippen molar-refractivity contribution in [1.82, 2.24) is 0 Å². The van der Waals surface area contributed by atoms with Crippen molar-refractivity contribution in [1.29, 1.82) is 0 Å². The van der Waals surface area contributed by atoms with Gasteiger partial charge in [-0.3, -0.25) is 4.79 Å². The molecule has 0 aromatic heterocycles. The second kappa shape index (κ2) is 15.6. The maximum absolute atomic E-state index is 14.3. The lowest BCUT2D eigenvalue weighted by Gasteiger charge is -2.64. The van der Waals surface area contributed by atoms with E-state index in [1.54, 1.807) is 0 Å². The SMILES string of the molecule is C=C1C[C@@]23CC[C@H]4[C@@](C)(CCC[C@@]4(C)C(=O)O[C@@H]4O[C@H](CO)[C@@H](O[C@@H]5O[C@H](CO)[C@H](O)[C@H](O)[C@H]5O)[C@H](O)[C@H]4O)[C@@H]2CC[C@]1(O[C@@H]1O[C@H](CO)[C@@H](O)[C@H](O)[C@H]1O)C3. The number of carbonyl (C=O) groups is 1. The molecule has 0 unspecified atom stereocenters. The van der Waals surface area contributed by atoms with Gasteiger partial charge < -0.3 is 84.6 Å². The Bertz CT molecular complexity index is 1450. The van der Waals surface area contributed by atoms with E-state index in [1.165, 1.54) is 0 Å². The number of hydrogen-bond acceptors (Lipinski definition) is 18. The Labute approximate surface area is 324 Å². The highest BCUT2D eigenvalue weighted by molar-refractivity contribution is 5.77. The first-order chi connectivity index (χ1) is 26.4. The van der Waals surface area contributed by atoms with Crippen LogP contribution in [0.15, 0.2) is 12.2 Å². The number of esters is 1. The van der Waals surface area contributed by atoms with Gasteiger partial charge in [0.05, 0.1) is 30.8 Å². The number of ether oxygens (including phenoxy) is 6. The van der Waals surface area contributed by atoms with Crippen LogP contribution in [0.2, 0.25) is 0 Å². The first-order valence-corrected chi connectivity index (χ1v) is 19.9. The third-order valence-electron chi connectivity index (χ3n) is 15.0. The number of rotatable bonds is 9. The van der Waals surface area contributed by atoms with Crippen LogP contribution < -0.4 is 0 Å². The minimum absolute atomic E-state index is 0.138. The predicted molar refractivity (Wildman–Crippen MR) is 186 cm³/mol. The van der Waals surface area contributed by atoms with Crippen LogP contribution >= 0.6 is 0 Å². The molecule has 7 fully saturated rings. The van der Waals surface area contributed by atoms with E-state index < -0.39 is 129 Å². The van der Waals surface area contributed by atoms with Gasteiger partial charge in [-0.05, 0) is 86.5 Å². The molecular weight excluding hydrogens is 744 g/mol. The van der Waals surface area contributed by atoms with Crippen molar-refractivity contribution in [2.75, 3.05) is 19.8 Å². The highest BCUT2D eigenvalue weighted by Gasteiger charge is 2.69. The van der Waals surface area contributed by atoms with E-state index in [2.05, 4.69) is 13.5 Å². The third-order valence-corrected chi connectivity index (χ3v) is 15.0. The summed E-state index contributed by atoms with van der Waals surface area (Å²) in [6.07, 6.45) is -17.6. The van der Waals surface area contributed by atoms with Gasteiger partial charge in [0.1, 0.15) is 73.2 Å². The lowest BCUT2D eigenvalue weighted by molar-refractivity contribution is -0.356. The molecule has 18 heteroatoms. The Balaban J connectivity index is 1.04. The molecule has 0 aromatic rings. The molecule has 18 nitrogen and oxygen atoms in total. The molecule has 1 spiro atoms. The van der Waals surface area contributed by atoms with E-state index in [9.17, 15) is 61.0 Å².